The number of aromatic amines is 1. The number of nitrogens with one attached hydrogen (secondary N) is 1. The molecule has 3 N–H and O–H groups in total. The number of carboxylic acid groups (broad SMARTS) is 1. The Morgan fingerprint density at radius 2 is 2.09 bits per heavy atom. The van der Waals surface area contributed by atoms with Crippen LogP contribution < -0.4 is 4.74 Å². The fourth-order valence-electron chi connectivity index (χ4n) is 5.36. The van der Waals surface area contributed by atoms with Crippen molar-refractivity contribution in [3.05, 3.63) is 53.4 Å². The lowest BCUT2D eigenvalue weighted by molar-refractivity contribution is -0.157. The molecule has 5 rings (SSSR count). The van der Waals surface area contributed by atoms with Crippen molar-refractivity contribution in [3.63, 3.8) is 0 Å². The zero-order valence-corrected chi connectivity index (χ0v) is 19.0. The van der Waals surface area contributed by atoms with Crippen LogP contribution in [0, 0.1) is 11.6 Å². The van der Waals surface area contributed by atoms with Gasteiger partial charge in [0.25, 0.3) is 0 Å². The van der Waals surface area contributed by atoms with Crippen LogP contribution in [0.3, 0.4) is 0 Å². The van der Waals surface area contributed by atoms with Gasteiger partial charge in [-0.15, -0.1) is 0 Å². The number of aromatic nitrogens is 3. The molecule has 0 radical (unpaired) electrons. The smallest absolute Gasteiger partial charge is 0.335 e. The van der Waals surface area contributed by atoms with Gasteiger partial charge in [0.2, 0.25) is 0 Å². The standard InChI is InChI=1S/C25H25F2N3O4/c1-12(2)23-19(13-6-7-25(33,10-13)24(31)32)20-17(8-14-11-28-29-22(14)21(20)27)30(23)15-4-5-16(26)18(9-15)34-3/h4-5,8-9,11-13,33H,6-7,10H2,1-3H3,(H,28,29)(H,31,32)/t13-,25+/m1/s1. The average Bonchev–Trinajstić information content (AvgIpc) is 3.50. The third-order valence-corrected chi connectivity index (χ3v) is 6.92. The molecule has 4 aromatic rings. The van der Waals surface area contributed by atoms with E-state index in [2.05, 4.69) is 10.2 Å². The van der Waals surface area contributed by atoms with Gasteiger partial charge >= 0.3 is 5.97 Å². The molecule has 178 valence electrons. The van der Waals surface area contributed by atoms with Crippen LogP contribution in [0.1, 0.15) is 56.2 Å². The number of ether oxygens (including phenoxy) is 1. The van der Waals surface area contributed by atoms with Crippen molar-refractivity contribution in [2.75, 3.05) is 7.11 Å². The Hall–Kier alpha value is -3.46. The SMILES string of the molecule is COc1cc(-n2c(C(C)C)c([C@@H]3CC[C@@](O)(C(=O)O)C3)c3c(F)c4[nH]ncc4cc32)ccc1F. The van der Waals surface area contributed by atoms with Gasteiger partial charge in [0.05, 0.1) is 18.8 Å². The third kappa shape index (κ3) is 3.18. The Morgan fingerprint density at radius 3 is 2.74 bits per heavy atom. The number of nitrogens with zero attached hydrogens (tertiary/aromatic N) is 2. The number of H-pyrrole nitrogens is 1. The lowest BCUT2D eigenvalue weighted by Crippen LogP contribution is -2.35. The Bertz CT molecular complexity index is 1440. The fraction of sp³-hybridized carbons (Fsp3) is 0.360. The second kappa shape index (κ2) is 7.80. The maximum atomic E-state index is 16.0. The number of halogens is 2. The van der Waals surface area contributed by atoms with Crippen LogP contribution in [0.5, 0.6) is 5.75 Å². The van der Waals surface area contributed by atoms with Crippen molar-refractivity contribution in [1.82, 2.24) is 14.8 Å². The highest BCUT2D eigenvalue weighted by atomic mass is 19.1. The van der Waals surface area contributed by atoms with E-state index in [0.29, 0.717) is 34.0 Å². The van der Waals surface area contributed by atoms with Gasteiger partial charge < -0.3 is 19.5 Å². The van der Waals surface area contributed by atoms with E-state index in [9.17, 15) is 19.4 Å². The van der Waals surface area contributed by atoms with Crippen LogP contribution in [-0.2, 0) is 4.79 Å². The minimum absolute atomic E-state index is 0.0195. The Morgan fingerprint density at radius 1 is 1.32 bits per heavy atom. The average molecular weight is 469 g/mol. The predicted octanol–water partition coefficient (Wildman–Crippen LogP) is 5.00. The molecule has 1 saturated carbocycles. The van der Waals surface area contributed by atoms with Gasteiger partial charge in [0.15, 0.2) is 23.0 Å². The molecule has 0 bridgehead atoms. The van der Waals surface area contributed by atoms with Crippen molar-refractivity contribution in [3.8, 4) is 11.4 Å². The van der Waals surface area contributed by atoms with E-state index in [-0.39, 0.29) is 35.9 Å². The monoisotopic (exact) mass is 469 g/mol. The highest BCUT2D eigenvalue weighted by molar-refractivity contribution is 6.00. The van der Waals surface area contributed by atoms with E-state index in [1.165, 1.54) is 19.4 Å². The highest BCUT2D eigenvalue weighted by Crippen LogP contribution is 2.49. The quantitative estimate of drug-likeness (QED) is 0.382. The summed E-state index contributed by atoms with van der Waals surface area (Å²) >= 11 is 0. The zero-order valence-electron chi connectivity index (χ0n) is 19.0. The van der Waals surface area contributed by atoms with E-state index in [1.54, 1.807) is 12.1 Å². The lowest BCUT2D eigenvalue weighted by Gasteiger charge is -2.20. The first-order chi connectivity index (χ1) is 16.2. The molecule has 0 unspecified atom stereocenters. The van der Waals surface area contributed by atoms with E-state index >= 15 is 4.39 Å². The van der Waals surface area contributed by atoms with Crippen molar-refractivity contribution < 1.29 is 28.5 Å². The first-order valence-corrected chi connectivity index (χ1v) is 11.2. The van der Waals surface area contributed by atoms with Gasteiger partial charge in [-0.1, -0.05) is 13.8 Å². The second-order valence-corrected chi connectivity index (χ2v) is 9.30. The fourth-order valence-corrected chi connectivity index (χ4v) is 5.36. The molecule has 0 saturated heterocycles. The number of carbonyl (C=O) groups is 1. The van der Waals surface area contributed by atoms with Gasteiger partial charge in [-0.25, -0.2) is 13.6 Å². The van der Waals surface area contributed by atoms with Crippen LogP contribution in [0.2, 0.25) is 0 Å². The Labute approximate surface area is 194 Å². The van der Waals surface area contributed by atoms with Crippen LogP contribution in [0.15, 0.2) is 30.5 Å². The molecule has 2 aromatic carbocycles. The molecule has 0 aliphatic heterocycles. The highest BCUT2D eigenvalue weighted by Gasteiger charge is 2.46. The lowest BCUT2D eigenvalue weighted by atomic mass is 9.89. The molecule has 1 fully saturated rings. The van der Waals surface area contributed by atoms with Crippen molar-refractivity contribution >= 4 is 27.8 Å². The van der Waals surface area contributed by atoms with Gasteiger partial charge in [-0.05, 0) is 54.9 Å². The van der Waals surface area contributed by atoms with Crippen molar-refractivity contribution in [1.29, 1.82) is 0 Å². The predicted molar refractivity (Wildman–Crippen MR) is 123 cm³/mol. The van der Waals surface area contributed by atoms with Crippen molar-refractivity contribution in [2.45, 2.75) is 50.5 Å². The van der Waals surface area contributed by atoms with E-state index in [4.69, 9.17) is 4.74 Å². The van der Waals surface area contributed by atoms with E-state index in [0.717, 1.165) is 5.69 Å². The Kier molecular flexibility index (Phi) is 5.12. The summed E-state index contributed by atoms with van der Waals surface area (Å²) in [4.78, 5) is 11.7. The molecule has 7 nitrogen and oxygen atoms in total. The summed E-state index contributed by atoms with van der Waals surface area (Å²) in [5.41, 5.74) is 0.990. The number of aliphatic carboxylic acids is 1. The number of methoxy groups -OCH3 is 1. The van der Waals surface area contributed by atoms with Gasteiger partial charge in [0, 0.05) is 28.2 Å². The van der Waals surface area contributed by atoms with Crippen LogP contribution >= 0.6 is 0 Å². The summed E-state index contributed by atoms with van der Waals surface area (Å²) in [6.07, 6.45) is 1.99. The molecule has 1 aliphatic carbocycles. The molecule has 2 atom stereocenters. The molecule has 1 aliphatic rings. The molecule has 0 amide bonds. The van der Waals surface area contributed by atoms with Crippen LogP contribution in [0.25, 0.3) is 27.5 Å². The summed E-state index contributed by atoms with van der Waals surface area (Å²) in [7, 11) is 1.38. The first-order valence-electron chi connectivity index (χ1n) is 11.2. The number of hydrogen-bond acceptors (Lipinski definition) is 4. The minimum Gasteiger partial charge on any atom is -0.494 e. The van der Waals surface area contributed by atoms with E-state index in [1.807, 2.05) is 24.5 Å². The van der Waals surface area contributed by atoms with Gasteiger partial charge in [-0.3, -0.25) is 5.10 Å². The molecular weight excluding hydrogens is 444 g/mol. The summed E-state index contributed by atoms with van der Waals surface area (Å²) < 4.78 is 37.3. The molecule has 2 heterocycles. The summed E-state index contributed by atoms with van der Waals surface area (Å²) in [5, 5.41) is 27.8. The largest absolute Gasteiger partial charge is 0.494 e. The van der Waals surface area contributed by atoms with Crippen molar-refractivity contribution in [2.24, 2.45) is 0 Å². The van der Waals surface area contributed by atoms with Gasteiger partial charge in [0.1, 0.15) is 5.52 Å². The summed E-state index contributed by atoms with van der Waals surface area (Å²) in [6, 6.07) is 6.28. The number of benzene rings is 2. The Balaban J connectivity index is 1.88. The summed E-state index contributed by atoms with van der Waals surface area (Å²) in [6.45, 7) is 3.94. The summed E-state index contributed by atoms with van der Waals surface area (Å²) in [5.74, 6) is -2.68. The number of rotatable bonds is 5. The molecule has 34 heavy (non-hydrogen) atoms. The third-order valence-electron chi connectivity index (χ3n) is 6.92. The van der Waals surface area contributed by atoms with Crippen LogP contribution in [-0.4, -0.2) is 43.7 Å². The van der Waals surface area contributed by atoms with Gasteiger partial charge in [-0.2, -0.15) is 5.10 Å². The number of aliphatic hydroxyl groups is 1. The zero-order chi connectivity index (χ0) is 24.4. The first kappa shape index (κ1) is 22.3. The molecular formula is C25H25F2N3O4. The topological polar surface area (TPSA) is 100 Å². The van der Waals surface area contributed by atoms with Crippen LogP contribution in [0.4, 0.5) is 8.78 Å². The number of fused-ring (bicyclic) bond motifs is 2. The number of hydrogen-bond donors (Lipinski definition) is 3. The minimum atomic E-state index is -1.86. The maximum absolute atomic E-state index is 16.0. The molecule has 0 spiro atoms. The molecule has 2 aromatic heterocycles. The second-order valence-electron chi connectivity index (χ2n) is 9.30. The van der Waals surface area contributed by atoms with E-state index < -0.39 is 23.2 Å². The maximum Gasteiger partial charge on any atom is 0.335 e. The molecule has 9 heteroatoms. The normalized spacial score (nSPS) is 20.6. The number of carboxylic acids is 1.